The highest BCUT2D eigenvalue weighted by molar-refractivity contribution is 9.10. The van der Waals surface area contributed by atoms with Crippen LogP contribution >= 0.6 is 27.7 Å². The van der Waals surface area contributed by atoms with Crippen LogP contribution in [0.4, 0.5) is 14.9 Å². The first-order chi connectivity index (χ1) is 11.6. The molecule has 2 aromatic carbocycles. The Morgan fingerprint density at radius 1 is 1.04 bits per heavy atom. The van der Waals surface area contributed by atoms with Gasteiger partial charge >= 0.3 is 6.03 Å². The number of carbonyl (C=O) groups is 2. The van der Waals surface area contributed by atoms with Crippen LogP contribution < -0.4 is 4.90 Å². The van der Waals surface area contributed by atoms with Crippen molar-refractivity contribution in [3.8, 4) is 0 Å². The van der Waals surface area contributed by atoms with E-state index in [2.05, 4.69) is 15.9 Å². The molecular formula is C17H12BrFN2O2S. The van der Waals surface area contributed by atoms with Crippen molar-refractivity contribution in [1.29, 1.82) is 0 Å². The summed E-state index contributed by atoms with van der Waals surface area (Å²) in [6, 6.07) is 12.3. The van der Waals surface area contributed by atoms with Gasteiger partial charge in [-0.05, 0) is 42.0 Å². The number of amides is 3. The third-order valence-electron chi connectivity index (χ3n) is 4.16. The van der Waals surface area contributed by atoms with E-state index in [1.165, 1.54) is 24.3 Å². The summed E-state index contributed by atoms with van der Waals surface area (Å²) in [7, 11) is 0. The first-order valence-corrected chi connectivity index (χ1v) is 9.19. The second-order valence-electron chi connectivity index (χ2n) is 5.59. The number of nitrogens with zero attached hydrogens (tertiary/aromatic N) is 2. The number of rotatable bonds is 2. The maximum absolute atomic E-state index is 13.1. The quantitative estimate of drug-likeness (QED) is 0.702. The third kappa shape index (κ3) is 2.43. The number of halogens is 2. The van der Waals surface area contributed by atoms with E-state index in [4.69, 9.17) is 0 Å². The summed E-state index contributed by atoms with van der Waals surface area (Å²) in [6.45, 7) is 0. The van der Waals surface area contributed by atoms with Crippen molar-refractivity contribution in [3.05, 3.63) is 64.4 Å². The Morgan fingerprint density at radius 3 is 2.38 bits per heavy atom. The van der Waals surface area contributed by atoms with E-state index in [1.807, 2.05) is 24.3 Å². The minimum atomic E-state index is -0.471. The van der Waals surface area contributed by atoms with E-state index in [0.717, 1.165) is 14.9 Å². The topological polar surface area (TPSA) is 40.6 Å². The van der Waals surface area contributed by atoms with Gasteiger partial charge in [0, 0.05) is 10.2 Å². The van der Waals surface area contributed by atoms with Crippen LogP contribution in [0.1, 0.15) is 10.9 Å². The van der Waals surface area contributed by atoms with Gasteiger partial charge in [-0.3, -0.25) is 9.69 Å². The van der Waals surface area contributed by atoms with Gasteiger partial charge in [0.15, 0.2) is 0 Å². The Morgan fingerprint density at radius 2 is 1.71 bits per heavy atom. The van der Waals surface area contributed by atoms with Gasteiger partial charge in [-0.1, -0.05) is 28.1 Å². The largest absolute Gasteiger partial charge is 0.333 e. The monoisotopic (exact) mass is 406 g/mol. The predicted molar refractivity (Wildman–Crippen MR) is 94.3 cm³/mol. The number of hydrogen-bond acceptors (Lipinski definition) is 3. The molecule has 3 amide bonds. The summed E-state index contributed by atoms with van der Waals surface area (Å²) in [5, 5.41) is -0.190. The van der Waals surface area contributed by atoms with Crippen molar-refractivity contribution < 1.29 is 14.0 Å². The molecule has 2 aromatic rings. The van der Waals surface area contributed by atoms with Crippen LogP contribution in [0, 0.1) is 5.82 Å². The Balaban J connectivity index is 1.67. The van der Waals surface area contributed by atoms with Crippen LogP contribution in [0.25, 0.3) is 0 Å². The fraction of sp³-hybridized carbons (Fsp3) is 0.176. The van der Waals surface area contributed by atoms with Gasteiger partial charge in [-0.25, -0.2) is 14.1 Å². The third-order valence-corrected chi connectivity index (χ3v) is 6.01. The molecule has 0 aromatic heterocycles. The van der Waals surface area contributed by atoms with E-state index >= 15 is 0 Å². The van der Waals surface area contributed by atoms with Crippen molar-refractivity contribution in [3.63, 3.8) is 0 Å². The summed E-state index contributed by atoms with van der Waals surface area (Å²) in [5.74, 6) is -0.0939. The Bertz CT molecular complexity index is 812. The highest BCUT2D eigenvalue weighted by atomic mass is 79.9. The molecule has 0 spiro atoms. The van der Waals surface area contributed by atoms with E-state index in [9.17, 15) is 14.0 Å². The number of fused-ring (bicyclic) bond motifs is 1. The predicted octanol–water partition coefficient (Wildman–Crippen LogP) is 4.17. The molecule has 24 heavy (non-hydrogen) atoms. The van der Waals surface area contributed by atoms with Gasteiger partial charge in [0.05, 0.1) is 5.69 Å². The van der Waals surface area contributed by atoms with Crippen LogP contribution in [0.2, 0.25) is 0 Å². The maximum atomic E-state index is 13.1. The van der Waals surface area contributed by atoms with Crippen LogP contribution in [0.15, 0.2) is 53.0 Å². The Kier molecular flexibility index (Phi) is 3.85. The zero-order valence-electron chi connectivity index (χ0n) is 12.4. The molecule has 0 radical (unpaired) electrons. The minimum absolute atomic E-state index is 0.190. The molecule has 0 saturated carbocycles. The van der Waals surface area contributed by atoms with Crippen LogP contribution in [0.5, 0.6) is 0 Å². The molecule has 0 aliphatic carbocycles. The van der Waals surface area contributed by atoms with Crippen molar-refractivity contribution in [2.75, 3.05) is 10.7 Å². The van der Waals surface area contributed by atoms with Crippen molar-refractivity contribution >= 4 is 45.3 Å². The molecule has 2 atom stereocenters. The smallest absolute Gasteiger partial charge is 0.295 e. The molecule has 122 valence electrons. The first-order valence-electron chi connectivity index (χ1n) is 7.35. The zero-order chi connectivity index (χ0) is 16.8. The van der Waals surface area contributed by atoms with Crippen LogP contribution in [-0.2, 0) is 4.79 Å². The highest BCUT2D eigenvalue weighted by Gasteiger charge is 2.53. The molecule has 7 heteroatoms. The second kappa shape index (κ2) is 5.89. The lowest BCUT2D eigenvalue weighted by Crippen LogP contribution is -2.33. The van der Waals surface area contributed by atoms with Crippen molar-refractivity contribution in [2.24, 2.45) is 0 Å². The lowest BCUT2D eigenvalue weighted by Gasteiger charge is -2.23. The van der Waals surface area contributed by atoms with Gasteiger partial charge < -0.3 is 0 Å². The van der Waals surface area contributed by atoms with E-state index in [0.29, 0.717) is 11.4 Å². The Hall–Kier alpha value is -1.86. The van der Waals surface area contributed by atoms with E-state index in [1.54, 1.807) is 16.7 Å². The molecule has 2 saturated heterocycles. The zero-order valence-corrected chi connectivity index (χ0v) is 14.8. The molecule has 4 rings (SSSR count). The number of urea groups is 1. The Labute approximate surface area is 150 Å². The van der Waals surface area contributed by atoms with Gasteiger partial charge in [0.2, 0.25) is 0 Å². The van der Waals surface area contributed by atoms with Crippen molar-refractivity contribution in [2.45, 2.75) is 11.4 Å². The summed E-state index contributed by atoms with van der Waals surface area (Å²) in [6.07, 6.45) is 0. The summed E-state index contributed by atoms with van der Waals surface area (Å²) >= 11 is 4.98. The average molecular weight is 407 g/mol. The molecule has 0 N–H and O–H groups in total. The number of anilines is 1. The standard InChI is InChI=1S/C17H12BrFN2O2S/c18-11-3-1-10(2-4-11)16-21-14(9-24-16)15(22)20(17(21)23)13-7-5-12(19)6-8-13/h1-8,14,16H,9H2. The molecular weight excluding hydrogens is 395 g/mol. The number of carbonyl (C=O) groups excluding carboxylic acids is 2. The van der Waals surface area contributed by atoms with Gasteiger partial charge in [-0.15, -0.1) is 11.8 Å². The van der Waals surface area contributed by atoms with Crippen molar-refractivity contribution in [1.82, 2.24) is 4.90 Å². The molecule has 2 aliphatic rings. The van der Waals surface area contributed by atoms with Crippen LogP contribution in [0.3, 0.4) is 0 Å². The lowest BCUT2D eigenvalue weighted by atomic mass is 10.2. The molecule has 0 bridgehead atoms. The molecule has 4 nitrogen and oxygen atoms in total. The van der Waals surface area contributed by atoms with E-state index < -0.39 is 11.9 Å². The SMILES string of the molecule is O=C1C2CSC(c3ccc(Br)cc3)N2C(=O)N1c1ccc(F)cc1. The highest BCUT2D eigenvalue weighted by Crippen LogP contribution is 2.46. The minimum Gasteiger partial charge on any atom is -0.295 e. The first kappa shape index (κ1) is 15.7. The molecule has 2 unspecified atom stereocenters. The van der Waals surface area contributed by atoms with E-state index in [-0.39, 0.29) is 17.3 Å². The summed E-state index contributed by atoms with van der Waals surface area (Å²) in [4.78, 5) is 28.3. The molecule has 2 fully saturated rings. The number of hydrogen-bond donors (Lipinski definition) is 0. The average Bonchev–Trinajstić information content (AvgIpc) is 3.11. The molecule has 2 aliphatic heterocycles. The second-order valence-corrected chi connectivity index (χ2v) is 7.62. The number of imide groups is 1. The van der Waals surface area contributed by atoms with Gasteiger partial charge in [0.1, 0.15) is 17.2 Å². The normalized spacial score (nSPS) is 23.1. The van der Waals surface area contributed by atoms with Crippen LogP contribution in [-0.4, -0.2) is 28.6 Å². The fourth-order valence-corrected chi connectivity index (χ4v) is 4.68. The number of thioether (sulfide) groups is 1. The maximum Gasteiger partial charge on any atom is 0.333 e. The summed E-state index contributed by atoms with van der Waals surface area (Å²) in [5.41, 5.74) is 1.38. The number of benzene rings is 2. The van der Waals surface area contributed by atoms with Gasteiger partial charge in [-0.2, -0.15) is 0 Å². The molecule has 2 heterocycles. The fourth-order valence-electron chi connectivity index (χ4n) is 3.00. The summed E-state index contributed by atoms with van der Waals surface area (Å²) < 4.78 is 14.1. The lowest BCUT2D eigenvalue weighted by molar-refractivity contribution is -0.119. The van der Waals surface area contributed by atoms with Gasteiger partial charge in [0.25, 0.3) is 5.91 Å².